The van der Waals surface area contributed by atoms with Gasteiger partial charge in [-0.25, -0.2) is 0 Å². The molecule has 1 rings (SSSR count). The first-order valence-corrected chi connectivity index (χ1v) is 7.89. The van der Waals surface area contributed by atoms with Gasteiger partial charge < -0.3 is 9.64 Å². The highest BCUT2D eigenvalue weighted by Gasteiger charge is 2.36. The van der Waals surface area contributed by atoms with Crippen molar-refractivity contribution in [2.24, 2.45) is 0 Å². The summed E-state index contributed by atoms with van der Waals surface area (Å²) in [6, 6.07) is 0. The smallest absolute Gasteiger partial charge is 0.219 e. The predicted molar refractivity (Wildman–Crippen MR) is 87.1 cm³/mol. The van der Waals surface area contributed by atoms with E-state index in [-0.39, 0.29) is 23.2 Å². The van der Waals surface area contributed by atoms with Crippen LogP contribution in [-0.2, 0) is 9.53 Å². The fraction of sp³-hybridized carbons (Fsp3) is 0.824. The maximum atomic E-state index is 12.0. The molecule has 122 valence electrons. The third-order valence-corrected chi connectivity index (χ3v) is 4.61. The number of hydrogen-bond acceptors (Lipinski definition) is 3. The molecule has 1 atom stereocenters. The first-order valence-electron chi connectivity index (χ1n) is 7.89. The molecule has 0 aromatic carbocycles. The molecule has 1 unspecified atom stereocenters. The molecule has 1 heterocycles. The summed E-state index contributed by atoms with van der Waals surface area (Å²) in [6.07, 6.45) is 3.78. The third kappa shape index (κ3) is 4.55. The van der Waals surface area contributed by atoms with Gasteiger partial charge in [-0.05, 0) is 47.5 Å². The van der Waals surface area contributed by atoms with Crippen LogP contribution in [0.15, 0.2) is 12.7 Å². The Hall–Kier alpha value is -0.870. The number of rotatable bonds is 7. The van der Waals surface area contributed by atoms with E-state index >= 15 is 0 Å². The van der Waals surface area contributed by atoms with Crippen LogP contribution in [0.3, 0.4) is 0 Å². The van der Waals surface area contributed by atoms with Crippen molar-refractivity contribution in [3.8, 4) is 0 Å². The van der Waals surface area contributed by atoms with E-state index in [0.29, 0.717) is 0 Å². The van der Waals surface area contributed by atoms with E-state index in [0.717, 1.165) is 32.5 Å². The van der Waals surface area contributed by atoms with Gasteiger partial charge in [0.2, 0.25) is 5.91 Å². The summed E-state index contributed by atoms with van der Waals surface area (Å²) >= 11 is 0. The van der Waals surface area contributed by atoms with E-state index in [9.17, 15) is 4.79 Å². The van der Waals surface area contributed by atoms with Crippen molar-refractivity contribution >= 4 is 5.91 Å². The number of carbonyl (C=O) groups excluding carboxylic acids is 1. The fourth-order valence-corrected chi connectivity index (χ4v) is 3.27. The molecule has 21 heavy (non-hydrogen) atoms. The lowest BCUT2D eigenvalue weighted by Crippen LogP contribution is -2.52. The van der Waals surface area contributed by atoms with Gasteiger partial charge in [0.25, 0.3) is 0 Å². The zero-order valence-corrected chi connectivity index (χ0v) is 14.6. The van der Waals surface area contributed by atoms with Crippen LogP contribution in [0.25, 0.3) is 0 Å². The molecule has 0 bridgehead atoms. The molecular weight excluding hydrogens is 264 g/mol. The van der Waals surface area contributed by atoms with Crippen LogP contribution in [0, 0.1) is 0 Å². The first-order chi connectivity index (χ1) is 9.62. The van der Waals surface area contributed by atoms with E-state index in [1.165, 1.54) is 0 Å². The summed E-state index contributed by atoms with van der Waals surface area (Å²) < 4.78 is 5.64. The minimum absolute atomic E-state index is 0.0217. The van der Waals surface area contributed by atoms with E-state index < -0.39 is 0 Å². The quantitative estimate of drug-likeness (QED) is 0.677. The maximum Gasteiger partial charge on any atom is 0.219 e. The maximum absolute atomic E-state index is 12.0. The SMILES string of the molecule is C=CCC(C)(C)N(CCC(C)(C)N1CCOC1C)C(C)=O. The van der Waals surface area contributed by atoms with E-state index in [2.05, 4.69) is 46.1 Å². The summed E-state index contributed by atoms with van der Waals surface area (Å²) in [7, 11) is 0. The Morgan fingerprint density at radius 3 is 2.48 bits per heavy atom. The van der Waals surface area contributed by atoms with Crippen LogP contribution in [0.4, 0.5) is 0 Å². The largest absolute Gasteiger partial charge is 0.362 e. The highest BCUT2D eigenvalue weighted by Crippen LogP contribution is 2.28. The highest BCUT2D eigenvalue weighted by atomic mass is 16.5. The molecule has 0 aromatic heterocycles. The lowest BCUT2D eigenvalue weighted by Gasteiger charge is -2.42. The second kappa shape index (κ2) is 6.93. The van der Waals surface area contributed by atoms with Crippen molar-refractivity contribution in [1.82, 2.24) is 9.80 Å². The molecule has 1 fully saturated rings. The molecule has 0 N–H and O–H groups in total. The Bertz CT molecular complexity index is 377. The molecule has 1 saturated heterocycles. The zero-order valence-electron chi connectivity index (χ0n) is 14.6. The van der Waals surface area contributed by atoms with Gasteiger partial charge in [0, 0.05) is 31.1 Å². The number of amides is 1. The summed E-state index contributed by atoms with van der Waals surface area (Å²) in [5.74, 6) is 0.128. The third-order valence-electron chi connectivity index (χ3n) is 4.61. The van der Waals surface area contributed by atoms with E-state index in [4.69, 9.17) is 4.74 Å². The molecular formula is C17H32N2O2. The van der Waals surface area contributed by atoms with Crippen LogP contribution >= 0.6 is 0 Å². The second-order valence-corrected chi connectivity index (χ2v) is 7.20. The van der Waals surface area contributed by atoms with Gasteiger partial charge in [0.15, 0.2) is 0 Å². The number of hydrogen-bond donors (Lipinski definition) is 0. The molecule has 0 radical (unpaired) electrons. The predicted octanol–water partition coefficient (Wildman–Crippen LogP) is 3.04. The molecule has 0 saturated carbocycles. The first kappa shape index (κ1) is 18.2. The van der Waals surface area contributed by atoms with Gasteiger partial charge in [-0.1, -0.05) is 6.08 Å². The normalized spacial score (nSPS) is 20.6. The number of carbonyl (C=O) groups is 1. The Morgan fingerprint density at radius 1 is 1.43 bits per heavy atom. The van der Waals surface area contributed by atoms with Gasteiger partial charge in [-0.15, -0.1) is 6.58 Å². The van der Waals surface area contributed by atoms with E-state index in [1.54, 1.807) is 6.92 Å². The van der Waals surface area contributed by atoms with Crippen LogP contribution in [0.1, 0.15) is 54.4 Å². The van der Waals surface area contributed by atoms with Crippen molar-refractivity contribution in [2.45, 2.75) is 71.7 Å². The van der Waals surface area contributed by atoms with Crippen molar-refractivity contribution < 1.29 is 9.53 Å². The highest BCUT2D eigenvalue weighted by molar-refractivity contribution is 5.74. The Labute approximate surface area is 130 Å². The van der Waals surface area contributed by atoms with Crippen LogP contribution in [-0.4, -0.2) is 52.7 Å². The Balaban J connectivity index is 2.72. The molecule has 4 heteroatoms. The van der Waals surface area contributed by atoms with Crippen LogP contribution in [0.5, 0.6) is 0 Å². The summed E-state index contributed by atoms with van der Waals surface area (Å²) in [4.78, 5) is 16.4. The Kier molecular flexibility index (Phi) is 6.00. The van der Waals surface area contributed by atoms with Crippen molar-refractivity contribution in [1.29, 1.82) is 0 Å². The molecule has 0 aliphatic carbocycles. The van der Waals surface area contributed by atoms with Crippen molar-refractivity contribution in [2.75, 3.05) is 19.7 Å². The molecule has 1 amide bonds. The second-order valence-electron chi connectivity index (χ2n) is 7.20. The summed E-state index contributed by atoms with van der Waals surface area (Å²) in [6.45, 7) is 18.7. The fourth-order valence-electron chi connectivity index (χ4n) is 3.27. The molecule has 4 nitrogen and oxygen atoms in total. The lowest BCUT2D eigenvalue weighted by atomic mass is 9.93. The Morgan fingerprint density at radius 2 is 2.05 bits per heavy atom. The lowest BCUT2D eigenvalue weighted by molar-refractivity contribution is -0.134. The number of nitrogens with zero attached hydrogens (tertiary/aromatic N) is 2. The van der Waals surface area contributed by atoms with Gasteiger partial charge in [0.1, 0.15) is 6.23 Å². The van der Waals surface area contributed by atoms with E-state index in [1.807, 2.05) is 11.0 Å². The standard InChI is InChI=1S/C17H32N2O2/c1-8-9-16(4,5)18(14(2)20)11-10-17(6,7)19-12-13-21-15(19)3/h8,15H,1,9-13H2,2-7H3. The van der Waals surface area contributed by atoms with Gasteiger partial charge in [-0.2, -0.15) is 0 Å². The van der Waals surface area contributed by atoms with Crippen molar-refractivity contribution in [3.63, 3.8) is 0 Å². The van der Waals surface area contributed by atoms with Gasteiger partial charge >= 0.3 is 0 Å². The number of ether oxygens (including phenoxy) is 1. The average Bonchev–Trinajstić information content (AvgIpc) is 2.75. The monoisotopic (exact) mass is 296 g/mol. The molecule has 0 aromatic rings. The van der Waals surface area contributed by atoms with Crippen LogP contribution in [0.2, 0.25) is 0 Å². The molecule has 1 aliphatic rings. The van der Waals surface area contributed by atoms with Crippen molar-refractivity contribution in [3.05, 3.63) is 12.7 Å². The summed E-state index contributed by atoms with van der Waals surface area (Å²) in [5.41, 5.74) is -0.162. The van der Waals surface area contributed by atoms with Gasteiger partial charge in [0.05, 0.1) is 6.61 Å². The molecule has 0 spiro atoms. The minimum Gasteiger partial charge on any atom is -0.362 e. The zero-order chi connectivity index (χ0) is 16.3. The minimum atomic E-state index is -0.184. The average molecular weight is 296 g/mol. The topological polar surface area (TPSA) is 32.8 Å². The van der Waals surface area contributed by atoms with Crippen LogP contribution < -0.4 is 0 Å². The molecule has 1 aliphatic heterocycles. The summed E-state index contributed by atoms with van der Waals surface area (Å²) in [5, 5.41) is 0. The van der Waals surface area contributed by atoms with Gasteiger partial charge in [-0.3, -0.25) is 9.69 Å².